The maximum Gasteiger partial charge on any atom is 0.307 e. The Morgan fingerprint density at radius 1 is 1.60 bits per heavy atom. The Hall–Kier alpha value is -1.19. The van der Waals surface area contributed by atoms with Gasteiger partial charge in [0.2, 0.25) is 0 Å². The van der Waals surface area contributed by atoms with Crippen LogP contribution in [0.25, 0.3) is 0 Å². The minimum atomic E-state index is -3.08. The van der Waals surface area contributed by atoms with Crippen LogP contribution in [0.2, 0.25) is 0 Å². The summed E-state index contributed by atoms with van der Waals surface area (Å²) in [6, 6.07) is 1.08. The molecule has 0 atom stereocenters. The number of halogens is 3. The highest BCUT2D eigenvalue weighted by atomic mass is 127. The molecule has 0 saturated carbocycles. The van der Waals surface area contributed by atoms with Gasteiger partial charge in [-0.05, 0) is 28.7 Å². The van der Waals surface area contributed by atoms with Gasteiger partial charge in [-0.15, -0.1) is 0 Å². The Balaban J connectivity index is 3.54. The van der Waals surface area contributed by atoms with E-state index >= 15 is 0 Å². The maximum atomic E-state index is 12.4. The summed E-state index contributed by atoms with van der Waals surface area (Å²) in [7, 11) is 0. The van der Waals surface area contributed by atoms with Crippen LogP contribution < -0.4 is 0 Å². The molecule has 0 N–H and O–H groups in total. The Kier molecular flexibility index (Phi) is 3.61. The van der Waals surface area contributed by atoms with E-state index < -0.39 is 28.3 Å². The molecule has 1 aromatic heterocycles. The molecule has 0 saturated heterocycles. The minimum Gasteiger partial charge on any atom is -0.298 e. The topological polar surface area (TPSA) is 73.1 Å². The summed E-state index contributed by atoms with van der Waals surface area (Å²) in [5.74, 6) is 0. The second-order valence-electron chi connectivity index (χ2n) is 2.44. The van der Waals surface area contributed by atoms with Gasteiger partial charge in [0.1, 0.15) is 3.70 Å². The molecule has 0 amide bonds. The lowest BCUT2D eigenvalue weighted by Crippen LogP contribution is -2.04. The van der Waals surface area contributed by atoms with Crippen LogP contribution >= 0.6 is 22.6 Å². The number of carbonyl (C=O) groups excluding carboxylic acids is 1. The third kappa shape index (κ3) is 2.43. The van der Waals surface area contributed by atoms with Gasteiger partial charge in [-0.25, -0.2) is 13.8 Å². The fraction of sp³-hybridized carbons (Fsp3) is 0.143. The van der Waals surface area contributed by atoms with E-state index in [1.165, 1.54) is 0 Å². The molecule has 0 spiro atoms. The van der Waals surface area contributed by atoms with E-state index in [1.54, 1.807) is 22.6 Å². The van der Waals surface area contributed by atoms with Crippen LogP contribution in [0, 0.1) is 13.8 Å². The Labute approximate surface area is 95.8 Å². The van der Waals surface area contributed by atoms with E-state index in [4.69, 9.17) is 0 Å². The summed E-state index contributed by atoms with van der Waals surface area (Å²) < 4.78 is 24.9. The van der Waals surface area contributed by atoms with Crippen LogP contribution in [0.4, 0.5) is 14.5 Å². The second kappa shape index (κ2) is 4.55. The zero-order valence-corrected chi connectivity index (χ0v) is 9.14. The lowest BCUT2D eigenvalue weighted by molar-refractivity contribution is -0.386. The van der Waals surface area contributed by atoms with Crippen molar-refractivity contribution < 1.29 is 18.5 Å². The average Bonchev–Trinajstić information content (AvgIpc) is 2.15. The molecule has 0 bridgehead atoms. The van der Waals surface area contributed by atoms with E-state index in [-0.39, 0.29) is 9.99 Å². The van der Waals surface area contributed by atoms with Crippen LogP contribution in [0.3, 0.4) is 0 Å². The van der Waals surface area contributed by atoms with E-state index in [9.17, 15) is 23.7 Å². The molecular weight excluding hydrogens is 325 g/mol. The molecule has 8 heteroatoms. The maximum absolute atomic E-state index is 12.4. The average molecular weight is 328 g/mol. The van der Waals surface area contributed by atoms with Crippen molar-refractivity contribution in [3.8, 4) is 0 Å². The Morgan fingerprint density at radius 2 is 2.20 bits per heavy atom. The van der Waals surface area contributed by atoms with Gasteiger partial charge in [0, 0.05) is 0 Å². The molecule has 1 rings (SSSR count). The first-order valence-corrected chi connectivity index (χ1v) is 4.63. The van der Waals surface area contributed by atoms with E-state index in [1.807, 2.05) is 0 Å². The largest absolute Gasteiger partial charge is 0.307 e. The standard InChI is InChI=1S/C7H3F2IN2O3/c8-7(9)5-6(12(14)15)3(2-13)1-4(10)11-5/h1-2,7H. The third-order valence-corrected chi connectivity index (χ3v) is 2.09. The summed E-state index contributed by atoms with van der Waals surface area (Å²) in [5, 5.41) is 10.5. The summed E-state index contributed by atoms with van der Waals surface area (Å²) >= 11 is 1.60. The van der Waals surface area contributed by atoms with Crippen molar-refractivity contribution in [2.45, 2.75) is 6.43 Å². The van der Waals surface area contributed by atoms with Crippen LogP contribution in [-0.2, 0) is 0 Å². The van der Waals surface area contributed by atoms with Gasteiger partial charge < -0.3 is 0 Å². The highest BCUT2D eigenvalue weighted by Crippen LogP contribution is 2.30. The molecule has 0 radical (unpaired) electrons. The predicted molar refractivity (Wildman–Crippen MR) is 54.0 cm³/mol. The van der Waals surface area contributed by atoms with Gasteiger partial charge in [-0.2, -0.15) is 0 Å². The summed E-state index contributed by atoms with van der Waals surface area (Å²) in [6.07, 6.45) is -2.92. The van der Waals surface area contributed by atoms with Crippen LogP contribution in [0.1, 0.15) is 22.5 Å². The first-order chi connectivity index (χ1) is 6.97. The molecule has 80 valence electrons. The SMILES string of the molecule is O=Cc1cc(I)nc(C(F)F)c1[N+](=O)[O-]. The number of rotatable bonds is 3. The van der Waals surface area contributed by atoms with Crippen molar-refractivity contribution in [2.24, 2.45) is 0 Å². The first kappa shape index (κ1) is 11.9. The van der Waals surface area contributed by atoms with Crippen molar-refractivity contribution >= 4 is 34.6 Å². The van der Waals surface area contributed by atoms with Gasteiger partial charge in [-0.1, -0.05) is 0 Å². The fourth-order valence-electron chi connectivity index (χ4n) is 0.986. The van der Waals surface area contributed by atoms with Crippen molar-refractivity contribution in [2.75, 3.05) is 0 Å². The lowest BCUT2D eigenvalue weighted by Gasteiger charge is -2.03. The predicted octanol–water partition coefficient (Wildman–Crippen LogP) is 2.34. The van der Waals surface area contributed by atoms with Gasteiger partial charge in [0.05, 0.1) is 10.5 Å². The van der Waals surface area contributed by atoms with Gasteiger partial charge in [0.25, 0.3) is 6.43 Å². The number of nitro groups is 1. The van der Waals surface area contributed by atoms with Crippen LogP contribution in [0.15, 0.2) is 6.07 Å². The third-order valence-electron chi connectivity index (χ3n) is 1.53. The van der Waals surface area contributed by atoms with Crippen molar-refractivity contribution in [1.82, 2.24) is 4.98 Å². The van der Waals surface area contributed by atoms with Gasteiger partial charge in [0.15, 0.2) is 12.0 Å². The highest BCUT2D eigenvalue weighted by molar-refractivity contribution is 14.1. The second-order valence-corrected chi connectivity index (χ2v) is 3.55. The minimum absolute atomic E-state index is 0.107. The highest BCUT2D eigenvalue weighted by Gasteiger charge is 2.28. The quantitative estimate of drug-likeness (QED) is 0.281. The number of aromatic nitrogens is 1. The van der Waals surface area contributed by atoms with Gasteiger partial charge in [-0.3, -0.25) is 14.9 Å². The molecule has 0 unspecified atom stereocenters. The monoisotopic (exact) mass is 328 g/mol. The number of hydrogen-bond donors (Lipinski definition) is 0. The fourth-order valence-corrected chi connectivity index (χ4v) is 1.58. The molecule has 0 aliphatic carbocycles. The first-order valence-electron chi connectivity index (χ1n) is 3.55. The zero-order valence-electron chi connectivity index (χ0n) is 6.99. The van der Waals surface area contributed by atoms with Crippen molar-refractivity contribution in [3.63, 3.8) is 0 Å². The zero-order chi connectivity index (χ0) is 11.6. The van der Waals surface area contributed by atoms with Crippen LogP contribution in [-0.4, -0.2) is 16.2 Å². The molecule has 0 fully saturated rings. The summed E-state index contributed by atoms with van der Waals surface area (Å²) in [5.41, 5.74) is -2.30. The van der Waals surface area contributed by atoms with Gasteiger partial charge >= 0.3 is 5.69 Å². The van der Waals surface area contributed by atoms with E-state index in [0.717, 1.165) is 6.07 Å². The number of carbonyl (C=O) groups is 1. The molecule has 0 aromatic carbocycles. The van der Waals surface area contributed by atoms with E-state index in [0.29, 0.717) is 0 Å². The summed E-state index contributed by atoms with van der Waals surface area (Å²) in [6.45, 7) is 0. The molecule has 0 aliphatic rings. The molecule has 0 aliphatic heterocycles. The number of hydrogen-bond acceptors (Lipinski definition) is 4. The number of nitrogens with zero attached hydrogens (tertiary/aromatic N) is 2. The number of aldehydes is 1. The number of alkyl halides is 2. The Bertz CT molecular complexity index is 425. The normalized spacial score (nSPS) is 10.4. The lowest BCUT2D eigenvalue weighted by atomic mass is 10.2. The van der Waals surface area contributed by atoms with Crippen LogP contribution in [0.5, 0.6) is 0 Å². The molecular formula is C7H3F2IN2O3. The van der Waals surface area contributed by atoms with Crippen molar-refractivity contribution in [3.05, 3.63) is 31.1 Å². The Morgan fingerprint density at radius 3 is 2.60 bits per heavy atom. The number of pyridine rings is 1. The van der Waals surface area contributed by atoms with E-state index in [2.05, 4.69) is 4.98 Å². The molecule has 1 aromatic rings. The summed E-state index contributed by atoms with van der Waals surface area (Å²) in [4.78, 5) is 23.3. The smallest absolute Gasteiger partial charge is 0.298 e. The van der Waals surface area contributed by atoms with Crippen molar-refractivity contribution in [1.29, 1.82) is 0 Å². The molecule has 1 heterocycles. The molecule has 15 heavy (non-hydrogen) atoms. The molecule has 5 nitrogen and oxygen atoms in total.